The molecule has 64 heavy (non-hydrogen) atoms. The predicted octanol–water partition coefficient (Wildman–Crippen LogP) is 14.9. The normalized spacial score (nSPS) is 38.4. The van der Waals surface area contributed by atoms with Crippen LogP contribution in [0.5, 0.6) is 5.75 Å². The van der Waals surface area contributed by atoms with Gasteiger partial charge in [0.2, 0.25) is 0 Å². The standard InChI is InChI=1S/C60H69NO3/c1-2-17-41(18-3-1)61(43-20-13-16-40(36-43)44-28-14-30-55-58(44)52-27-10-11-29-53(52)62-55)42-19-12-15-38(35-42)39-31-33-54-57(37-39)63-56-34-32-51-49-25-7-6-23-47(49)45-21-4-5-22-46(45)48-24-8-9-26-50(48)59(51)60(56)64-54/h1-3,10-20,27-30,35-36,39,45-51,54-60H,4-9,21-26,31-34,37H2. The lowest BCUT2D eigenvalue weighted by molar-refractivity contribution is -0.277. The number of hydrogen-bond acceptors (Lipinski definition) is 4. The minimum Gasteiger partial charge on any atom is -0.485 e. The number of nitrogens with zero attached hydrogens (tertiary/aromatic N) is 1. The number of para-hydroxylation sites is 2. The van der Waals surface area contributed by atoms with E-state index in [0.717, 1.165) is 66.4 Å². The molecular formula is C60H69NO3. The average molecular weight is 852 g/mol. The molecule has 0 bridgehead atoms. The van der Waals surface area contributed by atoms with Crippen LogP contribution < -0.4 is 9.64 Å². The molecule has 332 valence electrons. The van der Waals surface area contributed by atoms with Gasteiger partial charge in [-0.1, -0.05) is 111 Å². The summed E-state index contributed by atoms with van der Waals surface area (Å²) in [4.78, 5) is 2.46. The number of benzene rings is 4. The zero-order chi connectivity index (χ0) is 42.1. The largest absolute Gasteiger partial charge is 0.485 e. The van der Waals surface area contributed by atoms with Gasteiger partial charge in [0.25, 0.3) is 0 Å². The third-order valence-corrected chi connectivity index (χ3v) is 19.0. The molecule has 7 fully saturated rings. The second-order valence-corrected chi connectivity index (χ2v) is 21.9. The van der Waals surface area contributed by atoms with Crippen molar-refractivity contribution >= 4 is 22.6 Å². The lowest BCUT2D eigenvalue weighted by atomic mass is 9.47. The molecule has 9 aliphatic rings. The molecule has 0 aromatic heterocycles. The fourth-order valence-electron chi connectivity index (χ4n) is 16.6. The first-order chi connectivity index (χ1) is 31.7. The highest BCUT2D eigenvalue weighted by Crippen LogP contribution is 2.62. The van der Waals surface area contributed by atoms with E-state index in [-0.39, 0.29) is 30.3 Å². The van der Waals surface area contributed by atoms with E-state index in [0.29, 0.717) is 17.9 Å². The zero-order valence-electron chi connectivity index (χ0n) is 37.9. The van der Waals surface area contributed by atoms with E-state index in [1.807, 2.05) is 0 Å². The van der Waals surface area contributed by atoms with Crippen molar-refractivity contribution in [2.75, 3.05) is 4.90 Å². The van der Waals surface area contributed by atoms with E-state index in [1.165, 1.54) is 129 Å². The van der Waals surface area contributed by atoms with Crippen LogP contribution in [-0.2, 0) is 9.47 Å². The third kappa shape index (κ3) is 6.97. The van der Waals surface area contributed by atoms with Crippen LogP contribution in [0.4, 0.5) is 17.1 Å². The van der Waals surface area contributed by atoms with Crippen molar-refractivity contribution in [3.8, 4) is 5.75 Å². The smallest absolute Gasteiger partial charge is 0.128 e. The first-order valence-corrected chi connectivity index (χ1v) is 26.2. The Kier molecular flexibility index (Phi) is 10.6. The fourth-order valence-corrected chi connectivity index (χ4v) is 16.6. The predicted molar refractivity (Wildman–Crippen MR) is 258 cm³/mol. The molecule has 15 atom stereocenters. The SMILES string of the molecule is C1=CC2Oc3ccccc3C2C(c2cccc(N(c3ccccc3)c3cccc(C4CCC5OC6C(CCC7C8CCCCC8C8CCCCC8C8CCCCC8C76)OC5C4)c3)c2)=C1. The number of fused-ring (bicyclic) bond motifs is 14. The van der Waals surface area contributed by atoms with E-state index in [2.05, 4.69) is 126 Å². The van der Waals surface area contributed by atoms with Crippen molar-refractivity contribution in [2.24, 2.45) is 47.3 Å². The molecule has 15 unspecified atom stereocenters. The van der Waals surface area contributed by atoms with Crippen LogP contribution in [0.3, 0.4) is 0 Å². The van der Waals surface area contributed by atoms with Crippen LogP contribution >= 0.6 is 0 Å². The third-order valence-electron chi connectivity index (χ3n) is 19.0. The summed E-state index contributed by atoms with van der Waals surface area (Å²) in [7, 11) is 0. The number of rotatable bonds is 5. The summed E-state index contributed by atoms with van der Waals surface area (Å²) < 4.78 is 21.6. The highest BCUT2D eigenvalue weighted by molar-refractivity contribution is 5.83. The Balaban J connectivity index is 0.768. The van der Waals surface area contributed by atoms with Crippen LogP contribution in [0.2, 0.25) is 0 Å². The van der Waals surface area contributed by atoms with E-state index in [4.69, 9.17) is 14.2 Å². The van der Waals surface area contributed by atoms with Crippen LogP contribution in [0, 0.1) is 47.3 Å². The van der Waals surface area contributed by atoms with Gasteiger partial charge in [0.05, 0.1) is 30.3 Å². The number of ether oxygens (including phenoxy) is 3. The Morgan fingerprint density at radius 3 is 1.88 bits per heavy atom. The van der Waals surface area contributed by atoms with Gasteiger partial charge in [0.1, 0.15) is 11.9 Å². The Labute approximate surface area is 382 Å². The topological polar surface area (TPSA) is 30.9 Å². The summed E-state index contributed by atoms with van der Waals surface area (Å²) in [6, 6.07) is 38.1. The summed E-state index contributed by atoms with van der Waals surface area (Å²) in [6.45, 7) is 0. The maximum absolute atomic E-state index is 7.64. The Hall–Kier alpha value is -4.12. The van der Waals surface area contributed by atoms with Gasteiger partial charge in [-0.2, -0.15) is 0 Å². The molecule has 4 aromatic carbocycles. The summed E-state index contributed by atoms with van der Waals surface area (Å²) >= 11 is 0. The number of hydrogen-bond donors (Lipinski definition) is 0. The quantitative estimate of drug-likeness (QED) is 0.187. The van der Waals surface area contributed by atoms with Crippen molar-refractivity contribution < 1.29 is 14.2 Å². The van der Waals surface area contributed by atoms with Crippen LogP contribution in [-0.4, -0.2) is 30.5 Å². The first kappa shape index (κ1) is 40.2. The highest BCUT2D eigenvalue weighted by atomic mass is 16.6. The average Bonchev–Trinajstić information content (AvgIpc) is 3.75. The van der Waals surface area contributed by atoms with Crippen LogP contribution in [0.15, 0.2) is 121 Å². The maximum atomic E-state index is 7.64. The molecule has 7 aliphatic carbocycles. The lowest BCUT2D eigenvalue weighted by Crippen LogP contribution is -2.61. The van der Waals surface area contributed by atoms with Crippen molar-refractivity contribution in [3.63, 3.8) is 0 Å². The molecule has 4 aromatic rings. The van der Waals surface area contributed by atoms with Crippen molar-refractivity contribution in [1.29, 1.82) is 0 Å². The molecule has 2 aliphatic heterocycles. The van der Waals surface area contributed by atoms with E-state index >= 15 is 0 Å². The van der Waals surface area contributed by atoms with E-state index < -0.39 is 0 Å². The van der Waals surface area contributed by atoms with Crippen molar-refractivity contribution in [3.05, 3.63) is 138 Å². The second-order valence-electron chi connectivity index (χ2n) is 21.9. The molecule has 6 saturated carbocycles. The van der Waals surface area contributed by atoms with Crippen molar-refractivity contribution in [1.82, 2.24) is 0 Å². The van der Waals surface area contributed by atoms with Gasteiger partial charge in [-0.15, -0.1) is 0 Å². The minimum atomic E-state index is 0.0249. The van der Waals surface area contributed by atoms with Gasteiger partial charge >= 0.3 is 0 Å². The van der Waals surface area contributed by atoms with E-state index in [1.54, 1.807) is 0 Å². The van der Waals surface area contributed by atoms with Gasteiger partial charge in [-0.05, 0) is 189 Å². The minimum absolute atomic E-state index is 0.0249. The monoisotopic (exact) mass is 852 g/mol. The molecule has 0 spiro atoms. The number of allylic oxidation sites excluding steroid dienone is 2. The van der Waals surface area contributed by atoms with Crippen LogP contribution in [0.25, 0.3) is 5.57 Å². The highest BCUT2D eigenvalue weighted by Gasteiger charge is 2.58. The molecule has 2 heterocycles. The summed E-state index contributed by atoms with van der Waals surface area (Å²) in [5.41, 5.74) is 8.81. The van der Waals surface area contributed by atoms with Gasteiger partial charge in [-0.25, -0.2) is 0 Å². The second kappa shape index (κ2) is 16.9. The van der Waals surface area contributed by atoms with Gasteiger partial charge in [-0.3, -0.25) is 0 Å². The summed E-state index contributed by atoms with van der Waals surface area (Å²) in [6.07, 6.45) is 31.5. The van der Waals surface area contributed by atoms with E-state index in [9.17, 15) is 0 Å². The summed E-state index contributed by atoms with van der Waals surface area (Å²) in [5, 5.41) is 0. The fraction of sp³-hybridized carbons (Fsp3) is 0.533. The molecular weight excluding hydrogens is 783 g/mol. The molecule has 0 radical (unpaired) electrons. The van der Waals surface area contributed by atoms with Crippen molar-refractivity contribution in [2.45, 2.75) is 152 Å². The maximum Gasteiger partial charge on any atom is 0.128 e. The molecule has 13 rings (SSSR count). The van der Waals surface area contributed by atoms with Gasteiger partial charge in [0, 0.05) is 22.6 Å². The zero-order valence-corrected chi connectivity index (χ0v) is 37.9. The summed E-state index contributed by atoms with van der Waals surface area (Å²) in [5.74, 6) is 8.91. The van der Waals surface area contributed by atoms with Gasteiger partial charge in [0.15, 0.2) is 0 Å². The number of anilines is 3. The Morgan fingerprint density at radius 1 is 0.484 bits per heavy atom. The molecule has 1 saturated heterocycles. The molecule has 0 N–H and O–H groups in total. The van der Waals surface area contributed by atoms with Gasteiger partial charge < -0.3 is 19.1 Å². The molecule has 0 amide bonds. The van der Waals surface area contributed by atoms with Crippen LogP contribution in [0.1, 0.15) is 138 Å². The molecule has 4 nitrogen and oxygen atoms in total. The Morgan fingerprint density at radius 2 is 1.11 bits per heavy atom. The lowest BCUT2D eigenvalue weighted by Gasteiger charge is -2.61. The first-order valence-electron chi connectivity index (χ1n) is 26.2. The Bertz CT molecular complexity index is 2350. The molecule has 4 heteroatoms.